The van der Waals surface area contributed by atoms with Gasteiger partial charge in [-0.3, -0.25) is 4.90 Å². The average Bonchev–Trinajstić information content (AvgIpc) is 3.58. The number of aliphatic carboxylic acids is 1. The molecule has 1 aromatic carbocycles. The highest BCUT2D eigenvalue weighted by Crippen LogP contribution is 2.26. The second-order valence-electron chi connectivity index (χ2n) is 8.97. The largest absolute Gasteiger partial charge is 0.479 e. The number of rotatable bonds is 9. The van der Waals surface area contributed by atoms with Crippen molar-refractivity contribution < 1.29 is 23.4 Å². The Balaban J connectivity index is 1.15. The molecule has 1 fully saturated rings. The summed E-state index contributed by atoms with van der Waals surface area (Å²) in [6.07, 6.45) is 0.489. The first kappa shape index (κ1) is 25.2. The minimum Gasteiger partial charge on any atom is -0.479 e. The van der Waals surface area contributed by atoms with Crippen LogP contribution in [0.1, 0.15) is 6.92 Å². The van der Waals surface area contributed by atoms with Crippen LogP contribution >= 0.6 is 0 Å². The second-order valence-corrected chi connectivity index (χ2v) is 8.97. The molecule has 0 aliphatic carbocycles. The number of carboxylic acid groups (broad SMARTS) is 1. The molecule has 3 N–H and O–H groups in total. The van der Waals surface area contributed by atoms with E-state index in [1.807, 2.05) is 16.8 Å². The van der Waals surface area contributed by atoms with E-state index in [0.29, 0.717) is 48.6 Å². The van der Waals surface area contributed by atoms with E-state index >= 15 is 0 Å². The maximum atomic E-state index is 14.7. The summed E-state index contributed by atoms with van der Waals surface area (Å²) in [4.78, 5) is 30.4. The van der Waals surface area contributed by atoms with E-state index in [9.17, 15) is 9.18 Å². The average molecular weight is 526 g/mol. The van der Waals surface area contributed by atoms with E-state index in [1.54, 1.807) is 30.5 Å². The van der Waals surface area contributed by atoms with Crippen molar-refractivity contribution in [3.05, 3.63) is 42.4 Å². The summed E-state index contributed by atoms with van der Waals surface area (Å²) in [5, 5.41) is 13.3. The number of anilines is 3. The normalized spacial score (nSPS) is 15.1. The number of hydrogen-bond donors (Lipinski definition) is 2. The number of piperazine rings is 1. The molecule has 0 spiro atoms. The van der Waals surface area contributed by atoms with Crippen LogP contribution in [0.3, 0.4) is 0 Å². The predicted octanol–water partition coefficient (Wildman–Crippen LogP) is 1.61. The van der Waals surface area contributed by atoms with Gasteiger partial charge in [0.2, 0.25) is 17.7 Å². The van der Waals surface area contributed by atoms with Crippen LogP contribution in [-0.4, -0.2) is 93.0 Å². The fraction of sp³-hybridized carbons (Fsp3) is 0.375. The molecule has 0 saturated carbocycles. The zero-order valence-corrected chi connectivity index (χ0v) is 21.0. The zero-order chi connectivity index (χ0) is 26.8. The number of carboxylic acids is 1. The van der Waals surface area contributed by atoms with Crippen molar-refractivity contribution in [2.24, 2.45) is 0 Å². The van der Waals surface area contributed by atoms with Crippen LogP contribution in [0.2, 0.25) is 0 Å². The third kappa shape index (κ3) is 5.29. The van der Waals surface area contributed by atoms with Crippen LogP contribution in [0.4, 0.5) is 22.0 Å². The van der Waals surface area contributed by atoms with Gasteiger partial charge in [0.05, 0.1) is 12.0 Å². The van der Waals surface area contributed by atoms with E-state index in [1.165, 1.54) is 17.5 Å². The number of benzene rings is 1. The smallest absolute Gasteiger partial charge is 0.344 e. The van der Waals surface area contributed by atoms with Gasteiger partial charge in [0.1, 0.15) is 11.6 Å². The summed E-state index contributed by atoms with van der Waals surface area (Å²) in [7, 11) is 1.88. The van der Waals surface area contributed by atoms with Gasteiger partial charge in [-0.05, 0) is 31.2 Å². The van der Waals surface area contributed by atoms with Crippen molar-refractivity contribution in [3.63, 3.8) is 0 Å². The van der Waals surface area contributed by atoms with Crippen molar-refractivity contribution >= 4 is 29.3 Å². The predicted molar refractivity (Wildman–Crippen MR) is 137 cm³/mol. The Morgan fingerprint density at radius 1 is 1.24 bits per heavy atom. The van der Waals surface area contributed by atoms with Crippen molar-refractivity contribution in [2.75, 3.05) is 61.8 Å². The van der Waals surface area contributed by atoms with Gasteiger partial charge in [-0.2, -0.15) is 19.5 Å². The Kier molecular flexibility index (Phi) is 6.96. The lowest BCUT2D eigenvalue weighted by Gasteiger charge is -2.36. The molecule has 1 unspecified atom stereocenters. The number of fused-ring (bicyclic) bond motifs is 1. The molecule has 3 aromatic heterocycles. The minimum atomic E-state index is -1.11. The fourth-order valence-electron chi connectivity index (χ4n) is 4.15. The van der Waals surface area contributed by atoms with Gasteiger partial charge in [-0.1, -0.05) is 0 Å². The Hall–Kier alpha value is -4.46. The SMILES string of the molecule is CC(Oc1ccc(N2CCN(CCN(C)c3nc(N)n4nc(-c5ccco5)nc4n3)CC2)c(F)c1)C(=O)O. The molecular weight excluding hydrogens is 497 g/mol. The third-order valence-corrected chi connectivity index (χ3v) is 6.35. The minimum absolute atomic E-state index is 0.173. The van der Waals surface area contributed by atoms with Gasteiger partial charge in [-0.25, -0.2) is 9.18 Å². The van der Waals surface area contributed by atoms with Crippen LogP contribution in [0.15, 0.2) is 41.0 Å². The van der Waals surface area contributed by atoms with E-state index in [4.69, 9.17) is 20.0 Å². The number of furan rings is 1. The summed E-state index contributed by atoms with van der Waals surface area (Å²) in [5.74, 6) is 0.470. The number of aromatic nitrogens is 5. The molecule has 13 nitrogen and oxygen atoms in total. The van der Waals surface area contributed by atoms with Gasteiger partial charge in [0, 0.05) is 52.4 Å². The molecule has 200 valence electrons. The number of nitrogen functional groups attached to an aromatic ring is 1. The van der Waals surface area contributed by atoms with Crippen LogP contribution < -0.4 is 20.3 Å². The lowest BCUT2D eigenvalue weighted by atomic mass is 10.2. The summed E-state index contributed by atoms with van der Waals surface area (Å²) in [6, 6.07) is 7.95. The van der Waals surface area contributed by atoms with Gasteiger partial charge < -0.3 is 29.8 Å². The monoisotopic (exact) mass is 525 g/mol. The molecule has 0 radical (unpaired) electrons. The molecule has 5 rings (SSSR count). The first-order valence-corrected chi connectivity index (χ1v) is 12.1. The van der Waals surface area contributed by atoms with Crippen LogP contribution in [0, 0.1) is 5.82 Å². The fourth-order valence-corrected chi connectivity index (χ4v) is 4.15. The summed E-state index contributed by atoms with van der Waals surface area (Å²) >= 11 is 0. The highest BCUT2D eigenvalue weighted by molar-refractivity contribution is 5.72. The topological polar surface area (TPSA) is 151 Å². The Bertz CT molecular complexity index is 1420. The third-order valence-electron chi connectivity index (χ3n) is 6.35. The second kappa shape index (κ2) is 10.5. The van der Waals surface area contributed by atoms with Gasteiger partial charge in [-0.15, -0.1) is 5.10 Å². The zero-order valence-electron chi connectivity index (χ0n) is 21.0. The maximum absolute atomic E-state index is 14.7. The molecule has 1 atom stereocenters. The standard InChI is InChI=1S/C24H28FN9O4/c1-15(21(35)36)38-16-5-6-18(17(25)14-16)33-11-9-32(10-12-33)8-7-31(2)23-28-22(26)34-24(29-23)27-20(30-34)19-4-3-13-37-19/h3-6,13-15H,7-12H2,1-2H3,(H,35,36)(H2,26,27,28,29,30). The molecule has 1 aliphatic heterocycles. The van der Waals surface area contributed by atoms with Crippen LogP contribution in [-0.2, 0) is 4.79 Å². The highest BCUT2D eigenvalue weighted by atomic mass is 19.1. The van der Waals surface area contributed by atoms with Crippen LogP contribution in [0.25, 0.3) is 17.4 Å². The summed E-state index contributed by atoms with van der Waals surface area (Å²) in [5.41, 5.74) is 6.57. The summed E-state index contributed by atoms with van der Waals surface area (Å²) < 4.78 is 26.7. The molecule has 4 aromatic rings. The quantitative estimate of drug-likeness (QED) is 0.327. The molecule has 1 aliphatic rings. The Morgan fingerprint density at radius 2 is 2.03 bits per heavy atom. The molecule has 38 heavy (non-hydrogen) atoms. The Labute approximate surface area is 217 Å². The maximum Gasteiger partial charge on any atom is 0.344 e. The molecule has 0 amide bonds. The van der Waals surface area contributed by atoms with E-state index in [2.05, 4.69) is 25.0 Å². The van der Waals surface area contributed by atoms with Crippen molar-refractivity contribution in [2.45, 2.75) is 13.0 Å². The molecule has 14 heteroatoms. The lowest BCUT2D eigenvalue weighted by molar-refractivity contribution is -0.144. The van der Waals surface area contributed by atoms with E-state index < -0.39 is 17.9 Å². The summed E-state index contributed by atoms with van der Waals surface area (Å²) in [6.45, 7) is 5.61. The van der Waals surface area contributed by atoms with E-state index in [0.717, 1.165) is 19.6 Å². The number of hydrogen-bond acceptors (Lipinski definition) is 11. The number of nitrogens with zero attached hydrogens (tertiary/aromatic N) is 8. The molecule has 0 bridgehead atoms. The lowest BCUT2D eigenvalue weighted by Crippen LogP contribution is -2.48. The molecule has 4 heterocycles. The first-order valence-electron chi connectivity index (χ1n) is 12.1. The highest BCUT2D eigenvalue weighted by Gasteiger charge is 2.22. The number of likely N-dealkylation sites (N-methyl/N-ethyl adjacent to an activating group) is 1. The first-order chi connectivity index (χ1) is 18.3. The van der Waals surface area contributed by atoms with E-state index in [-0.39, 0.29) is 11.7 Å². The number of ether oxygens (including phenoxy) is 1. The number of halogens is 1. The van der Waals surface area contributed by atoms with Crippen LogP contribution in [0.5, 0.6) is 5.75 Å². The van der Waals surface area contributed by atoms with Gasteiger partial charge in [0.15, 0.2) is 11.9 Å². The molecular formula is C24H28FN9O4. The van der Waals surface area contributed by atoms with Gasteiger partial charge >= 0.3 is 5.97 Å². The van der Waals surface area contributed by atoms with Crippen molar-refractivity contribution in [1.82, 2.24) is 29.5 Å². The number of carbonyl (C=O) groups is 1. The van der Waals surface area contributed by atoms with Gasteiger partial charge in [0.25, 0.3) is 5.78 Å². The Morgan fingerprint density at radius 3 is 2.71 bits per heavy atom. The van der Waals surface area contributed by atoms with Crippen molar-refractivity contribution in [3.8, 4) is 17.3 Å². The van der Waals surface area contributed by atoms with Crippen molar-refractivity contribution in [1.29, 1.82) is 0 Å². The molecule has 1 saturated heterocycles. The number of nitrogens with two attached hydrogens (primary N) is 1.